The maximum atomic E-state index is 11.4. The third-order valence-corrected chi connectivity index (χ3v) is 4.09. The summed E-state index contributed by atoms with van der Waals surface area (Å²) in [7, 11) is 0. The largest absolute Gasteiger partial charge is 0.493 e. The molecule has 0 saturated carbocycles. The summed E-state index contributed by atoms with van der Waals surface area (Å²) in [6.45, 7) is 4.58. The molecule has 2 aliphatic heterocycles. The lowest BCUT2D eigenvalue weighted by Crippen LogP contribution is -2.51. The molecule has 2 N–H and O–H groups in total. The van der Waals surface area contributed by atoms with Crippen molar-refractivity contribution in [2.24, 2.45) is 5.73 Å². The Kier molecular flexibility index (Phi) is 4.06. The van der Waals surface area contributed by atoms with Gasteiger partial charge in [-0.2, -0.15) is 0 Å². The van der Waals surface area contributed by atoms with Gasteiger partial charge in [0.15, 0.2) is 0 Å². The molecule has 114 valence electrons. The Morgan fingerprint density at radius 2 is 2.29 bits per heavy atom. The Hall–Kier alpha value is -1.30. The number of nitrogens with zero attached hydrogens (tertiary/aromatic N) is 1. The number of amides is 1. The summed E-state index contributed by atoms with van der Waals surface area (Å²) in [5.41, 5.74) is 7.58. The van der Waals surface area contributed by atoms with E-state index in [2.05, 4.69) is 4.90 Å². The summed E-state index contributed by atoms with van der Waals surface area (Å²) in [6.07, 6.45) is 0.318. The number of hydrogen-bond donors (Lipinski definition) is 1. The van der Waals surface area contributed by atoms with Gasteiger partial charge < -0.3 is 15.2 Å². The highest BCUT2D eigenvalue weighted by molar-refractivity contribution is 6.30. The fraction of sp³-hybridized carbons (Fsp3) is 0.533. The van der Waals surface area contributed by atoms with Gasteiger partial charge in [-0.25, -0.2) is 0 Å². The highest BCUT2D eigenvalue weighted by Crippen LogP contribution is 2.34. The van der Waals surface area contributed by atoms with Crippen molar-refractivity contribution in [3.05, 3.63) is 28.3 Å². The Labute approximate surface area is 128 Å². The minimum atomic E-state index is -0.554. The van der Waals surface area contributed by atoms with Crippen LogP contribution in [0.4, 0.5) is 0 Å². The number of morpholine rings is 1. The van der Waals surface area contributed by atoms with Gasteiger partial charge in [0.05, 0.1) is 12.7 Å². The van der Waals surface area contributed by atoms with E-state index in [1.165, 1.54) is 0 Å². The summed E-state index contributed by atoms with van der Waals surface area (Å²) < 4.78 is 11.3. The zero-order chi connectivity index (χ0) is 15.0. The van der Waals surface area contributed by atoms with E-state index in [-0.39, 0.29) is 6.10 Å². The van der Waals surface area contributed by atoms with Gasteiger partial charge in [-0.1, -0.05) is 11.6 Å². The first-order valence-corrected chi connectivity index (χ1v) is 7.52. The van der Waals surface area contributed by atoms with Crippen LogP contribution in [0.5, 0.6) is 5.75 Å². The molecule has 0 aliphatic carbocycles. The quantitative estimate of drug-likeness (QED) is 0.915. The molecule has 2 heterocycles. The van der Waals surface area contributed by atoms with E-state index in [0.29, 0.717) is 19.7 Å². The van der Waals surface area contributed by atoms with Gasteiger partial charge in [-0.05, 0) is 24.6 Å². The number of benzene rings is 1. The fourth-order valence-corrected chi connectivity index (χ4v) is 3.29. The van der Waals surface area contributed by atoms with Crippen LogP contribution in [-0.4, -0.2) is 42.7 Å². The molecule has 2 atom stereocenters. The standard InChI is InChI=1S/C15H19ClN2O3/c1-9-6-18(8-13(21-9)15(17)19)7-11-5-12(16)4-10-2-3-20-14(10)11/h4-5,9,13H,2-3,6-8H2,1H3,(H2,17,19)/t9-,13-/m1/s1. The molecular weight excluding hydrogens is 292 g/mol. The van der Waals surface area contributed by atoms with Crippen LogP contribution in [0, 0.1) is 0 Å². The summed E-state index contributed by atoms with van der Waals surface area (Å²) in [4.78, 5) is 13.5. The average molecular weight is 311 g/mol. The minimum absolute atomic E-state index is 0.0237. The summed E-state index contributed by atoms with van der Waals surface area (Å²) in [6, 6.07) is 3.90. The third-order valence-electron chi connectivity index (χ3n) is 3.87. The van der Waals surface area contributed by atoms with E-state index in [9.17, 15) is 4.79 Å². The molecule has 0 bridgehead atoms. The maximum Gasteiger partial charge on any atom is 0.247 e. The van der Waals surface area contributed by atoms with Crippen LogP contribution in [-0.2, 0) is 22.5 Å². The molecule has 1 aromatic rings. The van der Waals surface area contributed by atoms with Crippen molar-refractivity contribution in [2.45, 2.75) is 32.1 Å². The van der Waals surface area contributed by atoms with Gasteiger partial charge in [0.2, 0.25) is 5.91 Å². The van der Waals surface area contributed by atoms with Crippen molar-refractivity contribution < 1.29 is 14.3 Å². The van der Waals surface area contributed by atoms with Gasteiger partial charge in [-0.15, -0.1) is 0 Å². The minimum Gasteiger partial charge on any atom is -0.493 e. The first-order chi connectivity index (χ1) is 10.0. The van der Waals surface area contributed by atoms with Crippen molar-refractivity contribution in [1.29, 1.82) is 0 Å². The smallest absolute Gasteiger partial charge is 0.247 e. The molecule has 21 heavy (non-hydrogen) atoms. The van der Waals surface area contributed by atoms with Crippen LogP contribution >= 0.6 is 11.6 Å². The van der Waals surface area contributed by atoms with Gasteiger partial charge in [0.25, 0.3) is 0 Å². The van der Waals surface area contributed by atoms with Crippen LogP contribution < -0.4 is 10.5 Å². The molecule has 0 unspecified atom stereocenters. The Bertz CT molecular complexity index is 564. The molecule has 1 fully saturated rings. The molecular formula is C15H19ClN2O3. The van der Waals surface area contributed by atoms with E-state index in [4.69, 9.17) is 26.8 Å². The molecule has 3 rings (SSSR count). The fourth-order valence-electron chi connectivity index (χ4n) is 3.03. The SMILES string of the molecule is C[C@@H]1CN(Cc2cc(Cl)cc3c2OCC3)C[C@H](C(N)=O)O1. The van der Waals surface area contributed by atoms with Crippen LogP contribution in [0.15, 0.2) is 12.1 Å². The lowest BCUT2D eigenvalue weighted by atomic mass is 10.1. The van der Waals surface area contributed by atoms with Crippen molar-refractivity contribution in [3.8, 4) is 5.75 Å². The Balaban J connectivity index is 1.79. The second kappa shape index (κ2) is 5.83. The number of carbonyl (C=O) groups excluding carboxylic acids is 1. The maximum absolute atomic E-state index is 11.4. The molecule has 6 heteroatoms. The molecule has 5 nitrogen and oxygen atoms in total. The van der Waals surface area contributed by atoms with E-state index < -0.39 is 12.0 Å². The Morgan fingerprint density at radius 1 is 1.48 bits per heavy atom. The second-order valence-electron chi connectivity index (χ2n) is 5.68. The second-order valence-corrected chi connectivity index (χ2v) is 6.12. The number of halogens is 1. The number of carbonyl (C=O) groups is 1. The van der Waals surface area contributed by atoms with Crippen molar-refractivity contribution >= 4 is 17.5 Å². The van der Waals surface area contributed by atoms with E-state index in [1.807, 2.05) is 19.1 Å². The van der Waals surface area contributed by atoms with Gasteiger partial charge >= 0.3 is 0 Å². The summed E-state index contributed by atoms with van der Waals surface area (Å²) >= 11 is 6.18. The predicted octanol–water partition coefficient (Wildman–Crippen LogP) is 1.35. The molecule has 1 saturated heterocycles. The number of ether oxygens (including phenoxy) is 2. The van der Waals surface area contributed by atoms with Crippen LogP contribution in [0.3, 0.4) is 0 Å². The molecule has 1 aromatic carbocycles. The van der Waals surface area contributed by atoms with E-state index in [1.54, 1.807) is 0 Å². The first kappa shape index (κ1) is 14.6. The first-order valence-electron chi connectivity index (χ1n) is 7.14. The highest BCUT2D eigenvalue weighted by Gasteiger charge is 2.30. The van der Waals surface area contributed by atoms with Crippen molar-refractivity contribution in [3.63, 3.8) is 0 Å². The van der Waals surface area contributed by atoms with Crippen molar-refractivity contribution in [1.82, 2.24) is 4.90 Å². The number of primary amides is 1. The zero-order valence-electron chi connectivity index (χ0n) is 12.0. The number of fused-ring (bicyclic) bond motifs is 1. The van der Waals surface area contributed by atoms with Crippen molar-refractivity contribution in [2.75, 3.05) is 19.7 Å². The molecule has 0 aromatic heterocycles. The summed E-state index contributed by atoms with van der Waals surface area (Å²) in [5, 5.41) is 0.724. The number of nitrogens with two attached hydrogens (primary N) is 1. The zero-order valence-corrected chi connectivity index (χ0v) is 12.7. The molecule has 0 radical (unpaired) electrons. The number of rotatable bonds is 3. The monoisotopic (exact) mass is 310 g/mol. The van der Waals surface area contributed by atoms with Crippen LogP contribution in [0.25, 0.3) is 0 Å². The van der Waals surface area contributed by atoms with E-state index >= 15 is 0 Å². The van der Waals surface area contributed by atoms with Crippen LogP contribution in [0.1, 0.15) is 18.1 Å². The van der Waals surface area contributed by atoms with Gasteiger partial charge in [0.1, 0.15) is 11.9 Å². The lowest BCUT2D eigenvalue weighted by Gasteiger charge is -2.35. The predicted molar refractivity (Wildman–Crippen MR) is 79.5 cm³/mol. The summed E-state index contributed by atoms with van der Waals surface area (Å²) in [5.74, 6) is 0.522. The normalized spacial score (nSPS) is 25.4. The molecule has 0 spiro atoms. The Morgan fingerprint density at radius 3 is 3.05 bits per heavy atom. The molecule has 1 amide bonds. The van der Waals surface area contributed by atoms with Crippen LogP contribution in [0.2, 0.25) is 5.02 Å². The van der Waals surface area contributed by atoms with Gasteiger partial charge in [0, 0.05) is 36.6 Å². The van der Waals surface area contributed by atoms with Gasteiger partial charge in [-0.3, -0.25) is 9.69 Å². The highest BCUT2D eigenvalue weighted by atomic mass is 35.5. The molecule has 2 aliphatic rings. The lowest BCUT2D eigenvalue weighted by molar-refractivity contribution is -0.142. The number of hydrogen-bond acceptors (Lipinski definition) is 4. The third kappa shape index (κ3) is 3.15. The average Bonchev–Trinajstić information content (AvgIpc) is 2.86. The van der Waals surface area contributed by atoms with E-state index in [0.717, 1.165) is 34.9 Å². The topological polar surface area (TPSA) is 64.8 Å².